The number of nitrogens with one attached hydrogen (secondary N) is 3. The summed E-state index contributed by atoms with van der Waals surface area (Å²) >= 11 is 0. The van der Waals surface area contributed by atoms with Crippen molar-refractivity contribution in [3.63, 3.8) is 0 Å². The monoisotopic (exact) mass is 466 g/mol. The number of carbonyl (C=O) groups excluding carboxylic acids is 1. The molecule has 1 rings (SSSR count). The van der Waals surface area contributed by atoms with Gasteiger partial charge in [0.1, 0.15) is 0 Å². The second-order valence-electron chi connectivity index (χ2n) is 6.47. The van der Waals surface area contributed by atoms with Gasteiger partial charge in [0.25, 0.3) is 5.91 Å². The average molecular weight is 466 g/mol. The van der Waals surface area contributed by atoms with E-state index in [1.165, 1.54) is 6.26 Å². The molecule has 0 aliphatic carbocycles. The molecule has 0 radical (unpaired) electrons. The summed E-state index contributed by atoms with van der Waals surface area (Å²) in [6, 6.07) is 3.32. The number of amides is 1. The van der Waals surface area contributed by atoms with Crippen LogP contribution in [0.3, 0.4) is 0 Å². The van der Waals surface area contributed by atoms with E-state index in [0.29, 0.717) is 31.4 Å². The van der Waals surface area contributed by atoms with Gasteiger partial charge in [-0.1, -0.05) is 20.8 Å². The molecule has 1 aromatic heterocycles. The zero-order valence-corrected chi connectivity index (χ0v) is 18.0. The van der Waals surface area contributed by atoms with Gasteiger partial charge in [-0.15, -0.1) is 24.0 Å². The summed E-state index contributed by atoms with van der Waals surface area (Å²) in [5.74, 6) is 0.788. The first kappa shape index (κ1) is 23.7. The Hall–Kier alpha value is -1.29. The highest BCUT2D eigenvalue weighted by molar-refractivity contribution is 14.0. The van der Waals surface area contributed by atoms with Crippen LogP contribution in [0.4, 0.5) is 0 Å². The van der Waals surface area contributed by atoms with Gasteiger partial charge in [-0.05, 0) is 24.5 Å². The van der Waals surface area contributed by atoms with Crippen LogP contribution < -0.4 is 16.0 Å². The maximum Gasteiger partial charge on any atom is 0.287 e. The zero-order valence-electron chi connectivity index (χ0n) is 15.7. The van der Waals surface area contributed by atoms with Crippen LogP contribution in [0.15, 0.2) is 27.8 Å². The molecule has 0 aliphatic heterocycles. The highest BCUT2D eigenvalue weighted by atomic mass is 127. The molecule has 7 nitrogen and oxygen atoms in total. The predicted molar refractivity (Wildman–Crippen MR) is 111 cm³/mol. The van der Waals surface area contributed by atoms with E-state index < -0.39 is 0 Å². The fourth-order valence-corrected chi connectivity index (χ4v) is 2.07. The Balaban J connectivity index is 0.00000576. The standard InChI is InChI=1S/C17H30N4O3.HI/c1-6-18-16(21-12-14(23-5)17(2,3)4)20-10-9-19-15(22)13-8-7-11-24-13;/h7-8,11,14H,6,9-10,12H2,1-5H3,(H,19,22)(H2,18,20,21);1H. The van der Waals surface area contributed by atoms with E-state index in [9.17, 15) is 4.79 Å². The molecule has 25 heavy (non-hydrogen) atoms. The first-order chi connectivity index (χ1) is 11.4. The maximum absolute atomic E-state index is 11.7. The molecule has 0 fully saturated rings. The first-order valence-corrected chi connectivity index (χ1v) is 8.25. The molecule has 144 valence electrons. The Morgan fingerprint density at radius 3 is 2.48 bits per heavy atom. The van der Waals surface area contributed by atoms with Crippen molar-refractivity contribution in [2.45, 2.75) is 33.8 Å². The van der Waals surface area contributed by atoms with Crippen molar-refractivity contribution < 1.29 is 13.9 Å². The molecule has 1 aromatic rings. The van der Waals surface area contributed by atoms with Crippen LogP contribution in [-0.4, -0.2) is 51.3 Å². The molecule has 1 atom stereocenters. The molecular formula is C17H31IN4O3. The SMILES string of the molecule is CCNC(=NCC(OC)C(C)(C)C)NCCNC(=O)c1ccco1.I. The molecule has 8 heteroatoms. The Morgan fingerprint density at radius 2 is 1.96 bits per heavy atom. The number of methoxy groups -OCH3 is 1. The summed E-state index contributed by atoms with van der Waals surface area (Å²) in [6.07, 6.45) is 1.51. The van der Waals surface area contributed by atoms with Gasteiger partial charge in [-0.25, -0.2) is 0 Å². The van der Waals surface area contributed by atoms with Gasteiger partial charge in [-0.2, -0.15) is 0 Å². The highest BCUT2D eigenvalue weighted by Gasteiger charge is 2.24. The van der Waals surface area contributed by atoms with E-state index in [2.05, 4.69) is 41.7 Å². The summed E-state index contributed by atoms with van der Waals surface area (Å²) in [7, 11) is 1.70. The lowest BCUT2D eigenvalue weighted by atomic mass is 9.89. The van der Waals surface area contributed by atoms with Crippen LogP contribution in [-0.2, 0) is 4.74 Å². The van der Waals surface area contributed by atoms with Crippen molar-refractivity contribution in [1.29, 1.82) is 0 Å². The Morgan fingerprint density at radius 1 is 1.28 bits per heavy atom. The lowest BCUT2D eigenvalue weighted by Gasteiger charge is -2.28. The molecule has 1 unspecified atom stereocenters. The Labute approximate surface area is 167 Å². The molecule has 3 N–H and O–H groups in total. The minimum atomic E-state index is -0.226. The minimum Gasteiger partial charge on any atom is -0.459 e. The van der Waals surface area contributed by atoms with E-state index >= 15 is 0 Å². The van der Waals surface area contributed by atoms with Crippen molar-refractivity contribution in [2.24, 2.45) is 10.4 Å². The van der Waals surface area contributed by atoms with Gasteiger partial charge < -0.3 is 25.1 Å². The normalized spacial score (nSPS) is 12.9. The molecule has 0 aliphatic rings. The number of carbonyl (C=O) groups is 1. The number of nitrogens with zero attached hydrogens (tertiary/aromatic N) is 1. The van der Waals surface area contributed by atoms with Crippen molar-refractivity contribution in [2.75, 3.05) is 33.3 Å². The average Bonchev–Trinajstić information content (AvgIpc) is 3.04. The fraction of sp³-hybridized carbons (Fsp3) is 0.647. The largest absolute Gasteiger partial charge is 0.459 e. The highest BCUT2D eigenvalue weighted by Crippen LogP contribution is 2.21. The van der Waals surface area contributed by atoms with Crippen LogP contribution >= 0.6 is 24.0 Å². The Bertz CT molecular complexity index is 512. The van der Waals surface area contributed by atoms with Crippen molar-refractivity contribution in [3.05, 3.63) is 24.2 Å². The van der Waals surface area contributed by atoms with E-state index in [4.69, 9.17) is 9.15 Å². The molecule has 0 saturated heterocycles. The topological polar surface area (TPSA) is 87.9 Å². The number of guanidine groups is 1. The fourth-order valence-electron chi connectivity index (χ4n) is 2.07. The van der Waals surface area contributed by atoms with Crippen LogP contribution in [0.5, 0.6) is 0 Å². The minimum absolute atomic E-state index is 0. The number of aliphatic imine (C=N–C) groups is 1. The van der Waals surface area contributed by atoms with Gasteiger partial charge in [0.15, 0.2) is 11.7 Å². The van der Waals surface area contributed by atoms with E-state index in [-0.39, 0.29) is 41.4 Å². The predicted octanol–water partition coefficient (Wildman–Crippen LogP) is 2.24. The van der Waals surface area contributed by atoms with E-state index in [1.54, 1.807) is 19.2 Å². The van der Waals surface area contributed by atoms with Gasteiger partial charge in [0, 0.05) is 26.7 Å². The van der Waals surface area contributed by atoms with Crippen LogP contribution in [0.1, 0.15) is 38.2 Å². The summed E-state index contributed by atoms with van der Waals surface area (Å²) in [5, 5.41) is 9.15. The van der Waals surface area contributed by atoms with Gasteiger partial charge in [-0.3, -0.25) is 9.79 Å². The van der Waals surface area contributed by atoms with E-state index in [0.717, 1.165) is 6.54 Å². The molecule has 0 aromatic carbocycles. The third-order valence-corrected chi connectivity index (χ3v) is 3.46. The summed E-state index contributed by atoms with van der Waals surface area (Å²) in [4.78, 5) is 16.3. The zero-order chi connectivity index (χ0) is 18.0. The number of halogens is 1. The molecule has 0 spiro atoms. The van der Waals surface area contributed by atoms with Crippen LogP contribution in [0.2, 0.25) is 0 Å². The smallest absolute Gasteiger partial charge is 0.287 e. The van der Waals surface area contributed by atoms with Crippen LogP contribution in [0, 0.1) is 5.41 Å². The van der Waals surface area contributed by atoms with Gasteiger partial charge in [0.2, 0.25) is 0 Å². The van der Waals surface area contributed by atoms with Gasteiger partial charge in [0.05, 0.1) is 18.9 Å². The van der Waals surface area contributed by atoms with Crippen LogP contribution in [0.25, 0.3) is 0 Å². The molecule has 0 bridgehead atoms. The second kappa shape index (κ2) is 12.1. The third-order valence-electron chi connectivity index (χ3n) is 3.46. The lowest BCUT2D eigenvalue weighted by Crippen LogP contribution is -2.42. The quantitative estimate of drug-likeness (QED) is 0.237. The third kappa shape index (κ3) is 9.10. The summed E-state index contributed by atoms with van der Waals surface area (Å²) < 4.78 is 10.6. The van der Waals surface area contributed by atoms with E-state index in [1.807, 2.05) is 6.92 Å². The number of rotatable bonds is 8. The second-order valence-corrected chi connectivity index (χ2v) is 6.47. The maximum atomic E-state index is 11.7. The number of hydrogen-bond acceptors (Lipinski definition) is 4. The Kier molecular flexibility index (Phi) is 11.5. The van der Waals surface area contributed by atoms with Crippen molar-refractivity contribution in [1.82, 2.24) is 16.0 Å². The number of ether oxygens (including phenoxy) is 1. The van der Waals surface area contributed by atoms with Crippen molar-refractivity contribution >= 4 is 35.8 Å². The van der Waals surface area contributed by atoms with Crippen molar-refractivity contribution in [3.8, 4) is 0 Å². The molecular weight excluding hydrogens is 435 g/mol. The molecule has 1 heterocycles. The summed E-state index contributed by atoms with van der Waals surface area (Å²) in [6.45, 7) is 10.7. The number of furan rings is 1. The van der Waals surface area contributed by atoms with Gasteiger partial charge >= 0.3 is 0 Å². The first-order valence-electron chi connectivity index (χ1n) is 8.25. The summed E-state index contributed by atoms with van der Waals surface area (Å²) in [5.41, 5.74) is 0.0204. The molecule has 0 saturated carbocycles. The lowest BCUT2D eigenvalue weighted by molar-refractivity contribution is 0.0241. The number of hydrogen-bond donors (Lipinski definition) is 3. The molecule has 1 amide bonds.